The zero-order valence-electron chi connectivity index (χ0n) is 17.1. The van der Waals surface area contributed by atoms with Gasteiger partial charge in [-0.25, -0.2) is 13.6 Å². The summed E-state index contributed by atoms with van der Waals surface area (Å²) in [6, 6.07) is 4.47. The number of ether oxygens (including phenoxy) is 3. The Bertz CT molecular complexity index is 1060. The summed E-state index contributed by atoms with van der Waals surface area (Å²) in [7, 11) is 1.11. The van der Waals surface area contributed by atoms with Crippen molar-refractivity contribution in [2.24, 2.45) is 0 Å². The average molecular weight is 437 g/mol. The fraction of sp³-hybridized carbons (Fsp3) is 0.350. The lowest BCUT2D eigenvalue weighted by Crippen LogP contribution is -2.55. The Balaban J connectivity index is 2.00. The van der Waals surface area contributed by atoms with E-state index in [2.05, 4.69) is 9.47 Å². The van der Waals surface area contributed by atoms with Crippen molar-refractivity contribution in [2.75, 3.05) is 25.6 Å². The quantitative estimate of drug-likeness (QED) is 0.506. The summed E-state index contributed by atoms with van der Waals surface area (Å²) in [5.41, 5.74) is -0.215. The number of fused-ring (bicyclic) bond motifs is 1. The van der Waals surface area contributed by atoms with Gasteiger partial charge in [-0.05, 0) is 31.5 Å². The molecule has 1 amide bonds. The molecule has 0 fully saturated rings. The maximum atomic E-state index is 13.7. The molecule has 0 spiro atoms. The van der Waals surface area contributed by atoms with Crippen LogP contribution >= 0.6 is 0 Å². The van der Waals surface area contributed by atoms with Crippen LogP contribution in [0.1, 0.15) is 29.9 Å². The van der Waals surface area contributed by atoms with Gasteiger partial charge >= 0.3 is 6.16 Å². The number of rotatable bonds is 6. The first-order chi connectivity index (χ1) is 14.7. The molecule has 1 aliphatic rings. The van der Waals surface area contributed by atoms with E-state index in [1.165, 1.54) is 27.9 Å². The molecule has 0 N–H and O–H groups in total. The number of pyridine rings is 1. The highest BCUT2D eigenvalue weighted by molar-refractivity contribution is 5.96. The highest BCUT2D eigenvalue weighted by Crippen LogP contribution is 2.24. The van der Waals surface area contributed by atoms with E-state index in [1.54, 1.807) is 18.9 Å². The molecule has 2 heterocycles. The van der Waals surface area contributed by atoms with E-state index in [1.807, 2.05) is 0 Å². The number of hydrogen-bond acceptors (Lipinski definition) is 7. The Labute approximate surface area is 176 Å². The van der Waals surface area contributed by atoms with E-state index in [4.69, 9.17) is 4.74 Å². The van der Waals surface area contributed by atoms with Crippen molar-refractivity contribution in [3.05, 3.63) is 63.6 Å². The standard InChI is InChI=1S/C20H21F2N3O6/c1-12(2)24-10-23(9-13-4-5-14(21)15(22)8-13)25-7-6-16(26)18(17(25)19(24)27)30-11-31-20(28)29-3/h4-8,12H,9-11H2,1-3H3. The van der Waals surface area contributed by atoms with Gasteiger partial charge in [0.2, 0.25) is 18.0 Å². The highest BCUT2D eigenvalue weighted by Gasteiger charge is 2.34. The Kier molecular flexibility index (Phi) is 6.42. The van der Waals surface area contributed by atoms with Crippen LogP contribution in [0, 0.1) is 11.6 Å². The normalized spacial score (nSPS) is 13.3. The summed E-state index contributed by atoms with van der Waals surface area (Å²) < 4.78 is 42.7. The molecular formula is C20H21F2N3O6. The van der Waals surface area contributed by atoms with Crippen LogP contribution < -0.4 is 15.2 Å². The van der Waals surface area contributed by atoms with Crippen LogP contribution in [0.3, 0.4) is 0 Å². The predicted octanol–water partition coefficient (Wildman–Crippen LogP) is 2.21. The van der Waals surface area contributed by atoms with Crippen LogP contribution in [0.2, 0.25) is 0 Å². The minimum atomic E-state index is -1.01. The molecule has 9 nitrogen and oxygen atoms in total. The Morgan fingerprint density at radius 3 is 2.55 bits per heavy atom. The molecule has 1 aliphatic heterocycles. The van der Waals surface area contributed by atoms with Crippen molar-refractivity contribution in [2.45, 2.75) is 26.4 Å². The van der Waals surface area contributed by atoms with Gasteiger partial charge in [0, 0.05) is 18.3 Å². The Hall–Kier alpha value is -3.63. The second-order valence-electron chi connectivity index (χ2n) is 6.99. The zero-order valence-corrected chi connectivity index (χ0v) is 17.1. The fourth-order valence-corrected chi connectivity index (χ4v) is 3.09. The van der Waals surface area contributed by atoms with Gasteiger partial charge < -0.3 is 19.1 Å². The predicted molar refractivity (Wildman–Crippen MR) is 104 cm³/mol. The fourth-order valence-electron chi connectivity index (χ4n) is 3.09. The number of nitrogens with zero attached hydrogens (tertiary/aromatic N) is 3. The Morgan fingerprint density at radius 2 is 1.90 bits per heavy atom. The molecule has 0 unspecified atom stereocenters. The molecule has 11 heteroatoms. The minimum absolute atomic E-state index is 0.0801. The first-order valence-electron chi connectivity index (χ1n) is 9.32. The maximum Gasteiger partial charge on any atom is 0.510 e. The number of methoxy groups -OCH3 is 1. The molecule has 0 aliphatic carbocycles. The topological polar surface area (TPSA) is 90.3 Å². The molecule has 31 heavy (non-hydrogen) atoms. The van der Waals surface area contributed by atoms with Gasteiger partial charge in [0.15, 0.2) is 17.3 Å². The molecule has 3 rings (SSSR count). The minimum Gasteiger partial charge on any atom is -0.451 e. The maximum absolute atomic E-state index is 13.7. The Morgan fingerprint density at radius 1 is 1.16 bits per heavy atom. The number of hydrogen-bond donors (Lipinski definition) is 0. The van der Waals surface area contributed by atoms with Gasteiger partial charge in [-0.1, -0.05) is 6.07 Å². The first kappa shape index (κ1) is 22.1. The van der Waals surface area contributed by atoms with E-state index in [9.17, 15) is 23.2 Å². The average Bonchev–Trinajstić information content (AvgIpc) is 2.73. The summed E-state index contributed by atoms with van der Waals surface area (Å²) in [5, 5.41) is 1.66. The summed E-state index contributed by atoms with van der Waals surface area (Å²) >= 11 is 0. The van der Waals surface area contributed by atoms with Crippen LogP contribution in [0.25, 0.3) is 0 Å². The molecule has 0 bridgehead atoms. The monoisotopic (exact) mass is 437 g/mol. The molecular weight excluding hydrogens is 416 g/mol. The lowest BCUT2D eigenvalue weighted by atomic mass is 10.2. The number of aromatic nitrogens is 1. The molecule has 1 aromatic carbocycles. The summed E-state index contributed by atoms with van der Waals surface area (Å²) in [6.45, 7) is 3.19. The third kappa shape index (κ3) is 4.60. The van der Waals surface area contributed by atoms with Crippen molar-refractivity contribution in [1.82, 2.24) is 9.58 Å². The van der Waals surface area contributed by atoms with Crippen LogP contribution in [0.4, 0.5) is 13.6 Å². The highest BCUT2D eigenvalue weighted by atomic mass is 19.2. The molecule has 0 atom stereocenters. The first-order valence-corrected chi connectivity index (χ1v) is 9.32. The van der Waals surface area contributed by atoms with Crippen molar-refractivity contribution in [3.63, 3.8) is 0 Å². The third-order valence-corrected chi connectivity index (χ3v) is 4.64. The van der Waals surface area contributed by atoms with Crippen molar-refractivity contribution in [1.29, 1.82) is 0 Å². The molecule has 0 saturated carbocycles. The van der Waals surface area contributed by atoms with Gasteiger partial charge in [-0.2, -0.15) is 0 Å². The number of carbonyl (C=O) groups excluding carboxylic acids is 2. The number of benzene rings is 1. The SMILES string of the molecule is COC(=O)OCOc1c2n(ccc1=O)N(Cc1ccc(F)c(F)c1)CN(C(C)C)C2=O. The lowest BCUT2D eigenvalue weighted by molar-refractivity contribution is 0.0133. The van der Waals surface area contributed by atoms with Gasteiger partial charge in [0.25, 0.3) is 5.91 Å². The molecule has 0 saturated heterocycles. The summed E-state index contributed by atoms with van der Waals surface area (Å²) in [4.78, 5) is 38.1. The van der Waals surface area contributed by atoms with E-state index in [0.29, 0.717) is 5.56 Å². The van der Waals surface area contributed by atoms with Gasteiger partial charge in [0.1, 0.15) is 6.67 Å². The largest absolute Gasteiger partial charge is 0.510 e. The van der Waals surface area contributed by atoms with E-state index >= 15 is 0 Å². The second-order valence-corrected chi connectivity index (χ2v) is 6.99. The van der Waals surface area contributed by atoms with E-state index in [0.717, 1.165) is 19.2 Å². The molecule has 1 aromatic heterocycles. The van der Waals surface area contributed by atoms with Gasteiger partial charge in [-0.15, -0.1) is 0 Å². The van der Waals surface area contributed by atoms with Crippen LogP contribution in [-0.4, -0.2) is 48.3 Å². The lowest BCUT2D eigenvalue weighted by Gasteiger charge is -2.41. The number of amides is 1. The number of halogens is 2. The van der Waals surface area contributed by atoms with E-state index < -0.39 is 35.9 Å². The van der Waals surface area contributed by atoms with E-state index in [-0.39, 0.29) is 30.7 Å². The van der Waals surface area contributed by atoms with Crippen molar-refractivity contribution in [3.8, 4) is 5.75 Å². The molecule has 0 radical (unpaired) electrons. The summed E-state index contributed by atoms with van der Waals surface area (Å²) in [5.74, 6) is -2.73. The molecule has 166 valence electrons. The number of carbonyl (C=O) groups is 2. The second kappa shape index (κ2) is 9.02. The zero-order chi connectivity index (χ0) is 22.7. The van der Waals surface area contributed by atoms with Crippen LogP contribution in [-0.2, 0) is 16.0 Å². The smallest absolute Gasteiger partial charge is 0.451 e. The van der Waals surface area contributed by atoms with Gasteiger partial charge in [0.05, 0.1) is 13.7 Å². The van der Waals surface area contributed by atoms with Crippen LogP contribution in [0.15, 0.2) is 35.3 Å². The third-order valence-electron chi connectivity index (χ3n) is 4.64. The van der Waals surface area contributed by atoms with Crippen molar-refractivity contribution >= 4 is 12.1 Å². The molecule has 2 aromatic rings. The van der Waals surface area contributed by atoms with Gasteiger partial charge in [-0.3, -0.25) is 19.3 Å². The van der Waals surface area contributed by atoms with Crippen molar-refractivity contribution < 1.29 is 32.6 Å². The summed E-state index contributed by atoms with van der Waals surface area (Å²) in [6.07, 6.45) is 0.376. The van der Waals surface area contributed by atoms with Crippen LogP contribution in [0.5, 0.6) is 5.75 Å².